The molecule has 0 radical (unpaired) electrons. The SMILES string of the molecule is CCN(C)C(=O)C(C)NC(=O)c1cc(Br)ccc1Cl. The molecule has 19 heavy (non-hydrogen) atoms. The van der Waals surface area contributed by atoms with Gasteiger partial charge in [0, 0.05) is 18.1 Å². The zero-order chi connectivity index (χ0) is 14.6. The van der Waals surface area contributed by atoms with Crippen molar-refractivity contribution in [3.8, 4) is 0 Å². The zero-order valence-electron chi connectivity index (χ0n) is 11.0. The van der Waals surface area contributed by atoms with Gasteiger partial charge < -0.3 is 10.2 Å². The van der Waals surface area contributed by atoms with Crippen LogP contribution in [0.5, 0.6) is 0 Å². The van der Waals surface area contributed by atoms with Gasteiger partial charge in [-0.3, -0.25) is 9.59 Å². The Morgan fingerprint density at radius 3 is 2.68 bits per heavy atom. The molecule has 6 heteroatoms. The van der Waals surface area contributed by atoms with Gasteiger partial charge in [0.25, 0.3) is 5.91 Å². The highest BCUT2D eigenvalue weighted by atomic mass is 79.9. The molecule has 0 saturated carbocycles. The summed E-state index contributed by atoms with van der Waals surface area (Å²) in [4.78, 5) is 25.5. The summed E-state index contributed by atoms with van der Waals surface area (Å²) in [6.07, 6.45) is 0. The molecule has 0 aromatic heterocycles. The fourth-order valence-electron chi connectivity index (χ4n) is 1.49. The van der Waals surface area contributed by atoms with Crippen LogP contribution in [0.3, 0.4) is 0 Å². The predicted molar refractivity (Wildman–Crippen MR) is 79.4 cm³/mol. The molecule has 0 aliphatic heterocycles. The van der Waals surface area contributed by atoms with E-state index < -0.39 is 6.04 Å². The van der Waals surface area contributed by atoms with E-state index >= 15 is 0 Å². The number of carbonyl (C=O) groups excluding carboxylic acids is 2. The normalized spacial score (nSPS) is 11.8. The monoisotopic (exact) mass is 346 g/mol. The van der Waals surface area contributed by atoms with Crippen molar-refractivity contribution in [3.63, 3.8) is 0 Å². The summed E-state index contributed by atoms with van der Waals surface area (Å²) in [5.74, 6) is -0.501. The lowest BCUT2D eigenvalue weighted by Gasteiger charge is -2.20. The third kappa shape index (κ3) is 4.21. The minimum atomic E-state index is -0.590. The van der Waals surface area contributed by atoms with Gasteiger partial charge in [0.1, 0.15) is 6.04 Å². The molecule has 1 atom stereocenters. The molecular weight excluding hydrogens is 332 g/mol. The standard InChI is InChI=1S/C13H16BrClN2O2/c1-4-17(3)13(19)8(2)16-12(18)10-7-9(14)5-6-11(10)15/h5-8H,4H2,1-3H3,(H,16,18). The molecule has 1 rings (SSSR count). The molecule has 1 aromatic carbocycles. The summed E-state index contributed by atoms with van der Waals surface area (Å²) in [6, 6.07) is 4.41. The number of amides is 2. The third-order valence-corrected chi connectivity index (χ3v) is 3.56. The largest absolute Gasteiger partial charge is 0.344 e. The van der Waals surface area contributed by atoms with Gasteiger partial charge >= 0.3 is 0 Å². The van der Waals surface area contributed by atoms with Gasteiger partial charge in [-0.05, 0) is 32.0 Å². The second-order valence-corrected chi connectivity index (χ2v) is 5.49. The van der Waals surface area contributed by atoms with Gasteiger partial charge in [-0.1, -0.05) is 27.5 Å². The number of hydrogen-bond donors (Lipinski definition) is 1. The van der Waals surface area contributed by atoms with E-state index in [9.17, 15) is 9.59 Å². The number of nitrogens with zero attached hydrogens (tertiary/aromatic N) is 1. The summed E-state index contributed by atoms with van der Waals surface area (Å²) in [5.41, 5.74) is 0.342. The molecular formula is C13H16BrClN2O2. The fourth-order valence-corrected chi connectivity index (χ4v) is 2.06. The van der Waals surface area contributed by atoms with Crippen LogP contribution < -0.4 is 5.32 Å². The van der Waals surface area contributed by atoms with Crippen molar-refractivity contribution in [2.75, 3.05) is 13.6 Å². The Morgan fingerprint density at radius 2 is 2.11 bits per heavy atom. The van der Waals surface area contributed by atoms with Crippen LogP contribution in [0.1, 0.15) is 24.2 Å². The number of rotatable bonds is 4. The Labute approximate surface area is 126 Å². The van der Waals surface area contributed by atoms with E-state index in [4.69, 9.17) is 11.6 Å². The van der Waals surface area contributed by atoms with E-state index in [2.05, 4.69) is 21.2 Å². The van der Waals surface area contributed by atoms with Crippen LogP contribution in [-0.4, -0.2) is 36.3 Å². The number of halogens is 2. The Kier molecular flexibility index (Phi) is 5.82. The van der Waals surface area contributed by atoms with Crippen molar-refractivity contribution in [3.05, 3.63) is 33.3 Å². The second-order valence-electron chi connectivity index (χ2n) is 4.17. The lowest BCUT2D eigenvalue weighted by atomic mass is 10.2. The topological polar surface area (TPSA) is 49.4 Å². The fraction of sp³-hybridized carbons (Fsp3) is 0.385. The molecule has 0 fully saturated rings. The number of hydrogen-bond acceptors (Lipinski definition) is 2. The maximum absolute atomic E-state index is 12.1. The van der Waals surface area contributed by atoms with E-state index in [1.54, 1.807) is 37.1 Å². The van der Waals surface area contributed by atoms with Crippen molar-refractivity contribution in [1.82, 2.24) is 10.2 Å². The molecule has 1 N–H and O–H groups in total. The first kappa shape index (κ1) is 16.0. The Hall–Kier alpha value is -1.07. The maximum Gasteiger partial charge on any atom is 0.253 e. The first-order chi connectivity index (χ1) is 8.86. The first-order valence-corrected chi connectivity index (χ1v) is 7.04. The highest BCUT2D eigenvalue weighted by Crippen LogP contribution is 2.20. The van der Waals surface area contributed by atoms with Crippen LogP contribution in [0.4, 0.5) is 0 Å². The smallest absolute Gasteiger partial charge is 0.253 e. The third-order valence-electron chi connectivity index (χ3n) is 2.74. The number of likely N-dealkylation sites (N-methyl/N-ethyl adjacent to an activating group) is 1. The van der Waals surface area contributed by atoms with Gasteiger partial charge in [0.05, 0.1) is 10.6 Å². The number of benzene rings is 1. The predicted octanol–water partition coefficient (Wildman–Crippen LogP) is 2.70. The average molecular weight is 348 g/mol. The van der Waals surface area contributed by atoms with Crippen molar-refractivity contribution >= 4 is 39.3 Å². The molecule has 2 amide bonds. The summed E-state index contributed by atoms with van der Waals surface area (Å²) in [5, 5.41) is 2.99. The minimum absolute atomic E-state index is 0.137. The summed E-state index contributed by atoms with van der Waals surface area (Å²) in [6.45, 7) is 4.12. The second kappa shape index (κ2) is 6.91. The van der Waals surface area contributed by atoms with Crippen molar-refractivity contribution < 1.29 is 9.59 Å². The first-order valence-electron chi connectivity index (χ1n) is 5.87. The Balaban J connectivity index is 2.80. The van der Waals surface area contributed by atoms with Crippen LogP contribution in [0.2, 0.25) is 5.02 Å². The molecule has 0 saturated heterocycles. The van der Waals surface area contributed by atoms with E-state index in [-0.39, 0.29) is 11.8 Å². The molecule has 0 bridgehead atoms. The molecule has 1 unspecified atom stereocenters. The van der Waals surface area contributed by atoms with Crippen LogP contribution in [0.25, 0.3) is 0 Å². The zero-order valence-corrected chi connectivity index (χ0v) is 13.4. The van der Waals surface area contributed by atoms with E-state index in [0.29, 0.717) is 17.1 Å². The Bertz CT molecular complexity index is 494. The van der Waals surface area contributed by atoms with E-state index in [1.165, 1.54) is 0 Å². The molecule has 0 aliphatic carbocycles. The quantitative estimate of drug-likeness (QED) is 0.910. The van der Waals surface area contributed by atoms with E-state index in [0.717, 1.165) is 4.47 Å². The lowest BCUT2D eigenvalue weighted by molar-refractivity contribution is -0.131. The van der Waals surface area contributed by atoms with Crippen LogP contribution >= 0.6 is 27.5 Å². The average Bonchev–Trinajstić information content (AvgIpc) is 2.39. The minimum Gasteiger partial charge on any atom is -0.344 e. The molecule has 0 spiro atoms. The number of nitrogens with one attached hydrogen (secondary N) is 1. The van der Waals surface area contributed by atoms with Crippen molar-refractivity contribution in [2.45, 2.75) is 19.9 Å². The van der Waals surface area contributed by atoms with Crippen LogP contribution in [0.15, 0.2) is 22.7 Å². The highest BCUT2D eigenvalue weighted by Gasteiger charge is 2.20. The van der Waals surface area contributed by atoms with E-state index in [1.807, 2.05) is 6.92 Å². The summed E-state index contributed by atoms with van der Waals surface area (Å²) in [7, 11) is 1.69. The van der Waals surface area contributed by atoms with Gasteiger partial charge in [0.2, 0.25) is 5.91 Å². The van der Waals surface area contributed by atoms with Gasteiger partial charge in [0.15, 0.2) is 0 Å². The molecule has 1 aromatic rings. The van der Waals surface area contributed by atoms with Crippen molar-refractivity contribution in [1.29, 1.82) is 0 Å². The van der Waals surface area contributed by atoms with Crippen molar-refractivity contribution in [2.24, 2.45) is 0 Å². The molecule has 4 nitrogen and oxygen atoms in total. The van der Waals surface area contributed by atoms with Gasteiger partial charge in [-0.2, -0.15) is 0 Å². The van der Waals surface area contributed by atoms with Gasteiger partial charge in [-0.15, -0.1) is 0 Å². The maximum atomic E-state index is 12.1. The summed E-state index contributed by atoms with van der Waals surface area (Å²) >= 11 is 9.25. The van der Waals surface area contributed by atoms with Gasteiger partial charge in [-0.25, -0.2) is 0 Å². The molecule has 0 heterocycles. The summed E-state index contributed by atoms with van der Waals surface area (Å²) < 4.78 is 0.756. The number of carbonyl (C=O) groups is 2. The Morgan fingerprint density at radius 1 is 1.47 bits per heavy atom. The highest BCUT2D eigenvalue weighted by molar-refractivity contribution is 9.10. The molecule has 104 valence electrons. The lowest BCUT2D eigenvalue weighted by Crippen LogP contribution is -2.45. The van der Waals surface area contributed by atoms with Crippen LogP contribution in [0, 0.1) is 0 Å². The van der Waals surface area contributed by atoms with Crippen LogP contribution in [-0.2, 0) is 4.79 Å². The molecule has 0 aliphatic rings.